The third-order valence-corrected chi connectivity index (χ3v) is 2.78. The van der Waals surface area contributed by atoms with Crippen molar-refractivity contribution in [3.8, 4) is 0 Å². The van der Waals surface area contributed by atoms with Gasteiger partial charge in [-0.25, -0.2) is 0 Å². The summed E-state index contributed by atoms with van der Waals surface area (Å²) in [6, 6.07) is 5.80. The molecule has 0 spiro atoms. The fourth-order valence-electron chi connectivity index (χ4n) is 1.86. The van der Waals surface area contributed by atoms with Crippen LogP contribution in [0.25, 0.3) is 0 Å². The van der Waals surface area contributed by atoms with Gasteiger partial charge in [-0.2, -0.15) is 13.2 Å². The van der Waals surface area contributed by atoms with Gasteiger partial charge in [0.2, 0.25) is 0 Å². The average molecular weight is 245 g/mol. The first-order valence-electron chi connectivity index (χ1n) is 5.80. The lowest BCUT2D eigenvalue weighted by molar-refractivity contribution is -0.137. The molecule has 0 radical (unpaired) electrons. The maximum Gasteiger partial charge on any atom is 0.416 e. The topological polar surface area (TPSA) is 12.0 Å². The van der Waals surface area contributed by atoms with Gasteiger partial charge >= 0.3 is 6.18 Å². The molecular formula is C13H18F3N. The van der Waals surface area contributed by atoms with Crippen LogP contribution in [0.2, 0.25) is 0 Å². The molecule has 1 N–H and O–H groups in total. The van der Waals surface area contributed by atoms with Crippen LogP contribution in [0.3, 0.4) is 0 Å². The van der Waals surface area contributed by atoms with Gasteiger partial charge in [-0.1, -0.05) is 31.5 Å². The molecule has 1 nitrogen and oxygen atoms in total. The van der Waals surface area contributed by atoms with Crippen molar-refractivity contribution in [3.05, 3.63) is 35.4 Å². The molecule has 17 heavy (non-hydrogen) atoms. The molecule has 0 bridgehead atoms. The standard InChI is InChI=1S/C13H18F3N/c1-3-5-12(17-2)9-10-6-4-7-11(8-10)13(14,15)16/h4,6-8,12,17H,3,5,9H2,1-2H3. The maximum atomic E-state index is 12.5. The third-order valence-electron chi connectivity index (χ3n) is 2.78. The molecule has 4 heteroatoms. The Morgan fingerprint density at radius 2 is 2.00 bits per heavy atom. The first kappa shape index (κ1) is 14.0. The van der Waals surface area contributed by atoms with E-state index in [4.69, 9.17) is 0 Å². The highest BCUT2D eigenvalue weighted by Crippen LogP contribution is 2.29. The molecule has 0 aliphatic heterocycles. The van der Waals surface area contributed by atoms with Gasteiger partial charge in [0.1, 0.15) is 0 Å². The van der Waals surface area contributed by atoms with E-state index in [2.05, 4.69) is 12.2 Å². The monoisotopic (exact) mass is 245 g/mol. The number of nitrogens with one attached hydrogen (secondary N) is 1. The van der Waals surface area contributed by atoms with Crippen LogP contribution in [0, 0.1) is 0 Å². The Bertz CT molecular complexity index is 347. The number of halogens is 3. The van der Waals surface area contributed by atoms with Crippen molar-refractivity contribution < 1.29 is 13.2 Å². The molecule has 0 aliphatic rings. The van der Waals surface area contributed by atoms with Crippen molar-refractivity contribution >= 4 is 0 Å². The predicted octanol–water partition coefficient (Wildman–Crippen LogP) is 3.64. The van der Waals surface area contributed by atoms with E-state index in [9.17, 15) is 13.2 Å². The summed E-state index contributed by atoms with van der Waals surface area (Å²) in [6.45, 7) is 2.07. The zero-order valence-electron chi connectivity index (χ0n) is 10.1. The van der Waals surface area contributed by atoms with E-state index in [0.717, 1.165) is 24.5 Å². The summed E-state index contributed by atoms with van der Waals surface area (Å²) in [6.07, 6.45) is -1.64. The van der Waals surface area contributed by atoms with Crippen LogP contribution in [-0.2, 0) is 12.6 Å². The Balaban J connectivity index is 2.78. The Kier molecular flexibility index (Phi) is 5.00. The quantitative estimate of drug-likeness (QED) is 0.835. The van der Waals surface area contributed by atoms with Gasteiger partial charge in [-0.15, -0.1) is 0 Å². The lowest BCUT2D eigenvalue weighted by atomic mass is 10.0. The number of hydrogen-bond donors (Lipinski definition) is 1. The van der Waals surface area contributed by atoms with Crippen LogP contribution in [-0.4, -0.2) is 13.1 Å². The first-order valence-corrected chi connectivity index (χ1v) is 5.80. The summed E-state index contributed by atoms with van der Waals surface area (Å²) in [5.41, 5.74) is 0.161. The highest BCUT2D eigenvalue weighted by atomic mass is 19.4. The molecule has 0 aliphatic carbocycles. The smallest absolute Gasteiger partial charge is 0.317 e. The molecule has 0 saturated heterocycles. The van der Waals surface area contributed by atoms with Gasteiger partial charge in [0.05, 0.1) is 5.56 Å². The molecule has 1 atom stereocenters. The number of benzene rings is 1. The van der Waals surface area contributed by atoms with Crippen LogP contribution in [0.4, 0.5) is 13.2 Å². The summed E-state index contributed by atoms with van der Waals surface area (Å²) in [5, 5.41) is 3.13. The third kappa shape index (κ3) is 4.38. The summed E-state index contributed by atoms with van der Waals surface area (Å²) in [4.78, 5) is 0. The van der Waals surface area contributed by atoms with Crippen molar-refractivity contribution in [2.75, 3.05) is 7.05 Å². The minimum absolute atomic E-state index is 0.239. The van der Waals surface area contributed by atoms with Gasteiger partial charge in [-0.05, 0) is 31.5 Å². The molecule has 0 fully saturated rings. The lowest BCUT2D eigenvalue weighted by Gasteiger charge is -2.16. The summed E-state index contributed by atoms with van der Waals surface area (Å²) in [7, 11) is 1.84. The fraction of sp³-hybridized carbons (Fsp3) is 0.538. The van der Waals surface area contributed by atoms with Gasteiger partial charge in [0.15, 0.2) is 0 Å². The lowest BCUT2D eigenvalue weighted by Crippen LogP contribution is -2.27. The Morgan fingerprint density at radius 3 is 2.53 bits per heavy atom. The molecule has 1 aromatic carbocycles. The molecule has 96 valence electrons. The average Bonchev–Trinajstić information content (AvgIpc) is 2.28. The van der Waals surface area contributed by atoms with E-state index in [1.807, 2.05) is 7.05 Å². The van der Waals surface area contributed by atoms with Crippen molar-refractivity contribution in [1.82, 2.24) is 5.32 Å². The molecule has 0 amide bonds. The highest BCUT2D eigenvalue weighted by molar-refractivity contribution is 5.26. The van der Waals surface area contributed by atoms with E-state index in [-0.39, 0.29) is 6.04 Å². The van der Waals surface area contributed by atoms with E-state index in [0.29, 0.717) is 6.42 Å². The number of hydrogen-bond acceptors (Lipinski definition) is 1. The molecule has 1 aromatic rings. The first-order chi connectivity index (χ1) is 7.97. The Hall–Kier alpha value is -1.03. The van der Waals surface area contributed by atoms with Crippen LogP contribution in [0.15, 0.2) is 24.3 Å². The van der Waals surface area contributed by atoms with Crippen LogP contribution in [0.5, 0.6) is 0 Å². The number of rotatable bonds is 5. The van der Waals surface area contributed by atoms with Gasteiger partial charge in [0.25, 0.3) is 0 Å². The molecule has 0 saturated carbocycles. The highest BCUT2D eigenvalue weighted by Gasteiger charge is 2.30. The zero-order valence-corrected chi connectivity index (χ0v) is 10.1. The second kappa shape index (κ2) is 6.05. The summed E-state index contributed by atoms with van der Waals surface area (Å²) in [5.74, 6) is 0. The second-order valence-electron chi connectivity index (χ2n) is 4.18. The van der Waals surface area contributed by atoms with Crippen LogP contribution >= 0.6 is 0 Å². The van der Waals surface area contributed by atoms with Crippen LogP contribution in [0.1, 0.15) is 30.9 Å². The summed E-state index contributed by atoms with van der Waals surface area (Å²) < 4.78 is 37.6. The number of alkyl halides is 3. The molecule has 1 rings (SSSR count). The summed E-state index contributed by atoms with van der Waals surface area (Å²) >= 11 is 0. The number of likely N-dealkylation sites (N-methyl/N-ethyl adjacent to an activating group) is 1. The largest absolute Gasteiger partial charge is 0.416 e. The Morgan fingerprint density at radius 1 is 1.29 bits per heavy atom. The zero-order chi connectivity index (χ0) is 12.9. The second-order valence-corrected chi connectivity index (χ2v) is 4.18. The fourth-order valence-corrected chi connectivity index (χ4v) is 1.86. The van der Waals surface area contributed by atoms with E-state index >= 15 is 0 Å². The predicted molar refractivity (Wildman–Crippen MR) is 62.9 cm³/mol. The van der Waals surface area contributed by atoms with E-state index in [1.54, 1.807) is 6.07 Å². The molecule has 0 heterocycles. The maximum absolute atomic E-state index is 12.5. The normalized spacial score (nSPS) is 13.7. The van der Waals surface area contributed by atoms with E-state index < -0.39 is 11.7 Å². The minimum atomic E-state index is -4.25. The van der Waals surface area contributed by atoms with Crippen molar-refractivity contribution in [2.24, 2.45) is 0 Å². The molecule has 1 unspecified atom stereocenters. The molecule has 0 aromatic heterocycles. The van der Waals surface area contributed by atoms with E-state index in [1.165, 1.54) is 12.1 Å². The van der Waals surface area contributed by atoms with Gasteiger partial charge in [0, 0.05) is 6.04 Å². The van der Waals surface area contributed by atoms with Gasteiger partial charge < -0.3 is 5.32 Å². The van der Waals surface area contributed by atoms with Gasteiger partial charge in [-0.3, -0.25) is 0 Å². The Labute approximate surface area is 100 Å². The van der Waals surface area contributed by atoms with Crippen molar-refractivity contribution in [3.63, 3.8) is 0 Å². The SMILES string of the molecule is CCCC(Cc1cccc(C(F)(F)F)c1)NC. The van der Waals surface area contributed by atoms with Crippen molar-refractivity contribution in [2.45, 2.75) is 38.4 Å². The van der Waals surface area contributed by atoms with Crippen LogP contribution < -0.4 is 5.32 Å². The molecular weight excluding hydrogens is 227 g/mol. The van der Waals surface area contributed by atoms with Crippen molar-refractivity contribution in [1.29, 1.82) is 0 Å². The minimum Gasteiger partial charge on any atom is -0.317 e.